The van der Waals surface area contributed by atoms with Gasteiger partial charge in [-0.05, 0) is 49.6 Å². The second-order valence-electron chi connectivity index (χ2n) is 10.5. The number of hydrogen-bond acceptors (Lipinski definition) is 4. The number of anilines is 1. The number of carbonyl (C=O) groups is 2. The molecule has 0 saturated heterocycles. The van der Waals surface area contributed by atoms with E-state index in [1.807, 2.05) is 51.1 Å². The number of rotatable bonds is 12. The summed E-state index contributed by atoms with van der Waals surface area (Å²) in [6.45, 7) is 4.72. The molecule has 7 nitrogen and oxygen atoms in total. The molecule has 2 unspecified atom stereocenters. The van der Waals surface area contributed by atoms with Crippen molar-refractivity contribution in [2.45, 2.75) is 58.4 Å². The van der Waals surface area contributed by atoms with Crippen molar-refractivity contribution in [2.24, 2.45) is 0 Å². The standard InChI is InChI=1S/C31H35ClF3N3O4S/c1-5-22(3)36-30(40)28(17-23-11-7-6-8-12-23)37(19-24-13-9-10-21(2)16-24)29(39)20-38(43(4,41)42)25-14-15-27(32)26(18-25)31(33,34)35/h6-16,18,22,28H,5,17,19-20H2,1-4H3,(H,36,40). The fourth-order valence-electron chi connectivity index (χ4n) is 4.50. The molecule has 1 N–H and O–H groups in total. The minimum atomic E-state index is -4.85. The van der Waals surface area contributed by atoms with Gasteiger partial charge >= 0.3 is 6.18 Å². The van der Waals surface area contributed by atoms with Gasteiger partial charge in [0.05, 0.1) is 22.5 Å². The third-order valence-corrected chi connectivity index (χ3v) is 8.40. The third-order valence-electron chi connectivity index (χ3n) is 6.93. The Morgan fingerprint density at radius 1 is 0.977 bits per heavy atom. The molecule has 3 rings (SSSR count). The highest BCUT2D eigenvalue weighted by Gasteiger charge is 2.36. The molecule has 0 aromatic heterocycles. The molecule has 0 radical (unpaired) electrons. The van der Waals surface area contributed by atoms with Crippen LogP contribution in [-0.2, 0) is 38.8 Å². The first kappa shape index (κ1) is 33.9. The Bertz CT molecular complexity index is 1530. The van der Waals surface area contributed by atoms with Crippen LogP contribution in [0.15, 0.2) is 72.8 Å². The number of sulfonamides is 1. The fourth-order valence-corrected chi connectivity index (χ4v) is 5.57. The van der Waals surface area contributed by atoms with Crippen LogP contribution >= 0.6 is 11.6 Å². The van der Waals surface area contributed by atoms with Crippen molar-refractivity contribution >= 4 is 39.1 Å². The number of hydrogen-bond donors (Lipinski definition) is 1. The van der Waals surface area contributed by atoms with Crippen molar-refractivity contribution in [1.82, 2.24) is 10.2 Å². The first-order valence-corrected chi connectivity index (χ1v) is 15.9. The van der Waals surface area contributed by atoms with E-state index in [1.165, 1.54) is 4.90 Å². The van der Waals surface area contributed by atoms with Crippen LogP contribution in [-0.4, -0.2) is 50.0 Å². The molecule has 3 aromatic carbocycles. The van der Waals surface area contributed by atoms with Gasteiger partial charge in [-0.25, -0.2) is 8.42 Å². The summed E-state index contributed by atoms with van der Waals surface area (Å²) < 4.78 is 67.2. The van der Waals surface area contributed by atoms with Crippen LogP contribution in [0.2, 0.25) is 5.02 Å². The molecule has 3 aromatic rings. The monoisotopic (exact) mass is 637 g/mol. The molecule has 2 amide bonds. The van der Waals surface area contributed by atoms with E-state index in [4.69, 9.17) is 11.6 Å². The Balaban J connectivity index is 2.11. The average Bonchev–Trinajstić information content (AvgIpc) is 2.93. The summed E-state index contributed by atoms with van der Waals surface area (Å²) in [5, 5.41) is 2.31. The Morgan fingerprint density at radius 3 is 2.21 bits per heavy atom. The quantitative estimate of drug-likeness (QED) is 0.264. The van der Waals surface area contributed by atoms with Gasteiger partial charge in [0.2, 0.25) is 21.8 Å². The molecule has 0 bridgehead atoms. The van der Waals surface area contributed by atoms with Crippen LogP contribution in [0, 0.1) is 6.92 Å². The molecule has 0 heterocycles. The number of nitrogens with one attached hydrogen (secondary N) is 1. The highest BCUT2D eigenvalue weighted by Crippen LogP contribution is 2.37. The van der Waals surface area contributed by atoms with E-state index in [0.717, 1.165) is 29.5 Å². The van der Waals surface area contributed by atoms with Gasteiger partial charge in [0.1, 0.15) is 12.6 Å². The zero-order valence-corrected chi connectivity index (χ0v) is 25.9. The molecule has 0 saturated carbocycles. The van der Waals surface area contributed by atoms with E-state index in [1.54, 1.807) is 24.3 Å². The summed E-state index contributed by atoms with van der Waals surface area (Å²) >= 11 is 5.76. The van der Waals surface area contributed by atoms with E-state index in [-0.39, 0.29) is 24.7 Å². The van der Waals surface area contributed by atoms with Crippen LogP contribution in [0.5, 0.6) is 0 Å². The molecular weight excluding hydrogens is 603 g/mol. The van der Waals surface area contributed by atoms with Crippen molar-refractivity contribution in [2.75, 3.05) is 17.1 Å². The second kappa shape index (κ2) is 14.3. The Labute approximate surface area is 255 Å². The van der Waals surface area contributed by atoms with Crippen LogP contribution in [0.1, 0.15) is 42.5 Å². The number of nitrogens with zero attached hydrogens (tertiary/aromatic N) is 2. The van der Waals surface area contributed by atoms with Crippen LogP contribution in [0.3, 0.4) is 0 Å². The fraction of sp³-hybridized carbons (Fsp3) is 0.355. The third kappa shape index (κ3) is 9.46. The topological polar surface area (TPSA) is 86.8 Å². The number of alkyl halides is 3. The van der Waals surface area contributed by atoms with Crippen LogP contribution in [0.4, 0.5) is 18.9 Å². The molecule has 0 spiro atoms. The maximum atomic E-state index is 14.1. The summed E-state index contributed by atoms with van der Waals surface area (Å²) in [5.74, 6) is -1.20. The first-order valence-electron chi connectivity index (χ1n) is 13.6. The van der Waals surface area contributed by atoms with Crippen molar-refractivity contribution in [3.8, 4) is 0 Å². The summed E-state index contributed by atoms with van der Waals surface area (Å²) in [6, 6.07) is 17.7. The highest BCUT2D eigenvalue weighted by atomic mass is 35.5. The lowest BCUT2D eigenvalue weighted by molar-refractivity contribution is -0.140. The predicted molar refractivity (Wildman–Crippen MR) is 162 cm³/mol. The summed E-state index contributed by atoms with van der Waals surface area (Å²) in [5.41, 5.74) is 0.749. The van der Waals surface area contributed by atoms with Crippen molar-refractivity contribution in [3.63, 3.8) is 0 Å². The molecule has 232 valence electrons. The second-order valence-corrected chi connectivity index (χ2v) is 12.8. The minimum absolute atomic E-state index is 0.0437. The molecule has 0 fully saturated rings. The minimum Gasteiger partial charge on any atom is -0.352 e. The number of aryl methyl sites for hydroxylation is 1. The van der Waals surface area contributed by atoms with E-state index in [9.17, 15) is 31.2 Å². The van der Waals surface area contributed by atoms with Gasteiger partial charge in [0.25, 0.3) is 0 Å². The van der Waals surface area contributed by atoms with Gasteiger partial charge in [-0.1, -0.05) is 78.7 Å². The molecule has 2 atom stereocenters. The molecule has 0 aliphatic heterocycles. The van der Waals surface area contributed by atoms with Crippen LogP contribution in [0.25, 0.3) is 0 Å². The van der Waals surface area contributed by atoms with Gasteiger partial charge in [0, 0.05) is 19.0 Å². The van der Waals surface area contributed by atoms with Gasteiger partial charge in [-0.3, -0.25) is 13.9 Å². The highest BCUT2D eigenvalue weighted by molar-refractivity contribution is 7.92. The summed E-state index contributed by atoms with van der Waals surface area (Å²) in [4.78, 5) is 29.1. The smallest absolute Gasteiger partial charge is 0.352 e. The molecule has 0 aliphatic rings. The van der Waals surface area contributed by atoms with E-state index >= 15 is 0 Å². The zero-order valence-electron chi connectivity index (χ0n) is 24.4. The van der Waals surface area contributed by atoms with Gasteiger partial charge in [0.15, 0.2) is 0 Å². The normalized spacial score (nSPS) is 13.2. The maximum Gasteiger partial charge on any atom is 0.417 e. The first-order chi connectivity index (χ1) is 20.1. The molecule has 12 heteroatoms. The van der Waals surface area contributed by atoms with Gasteiger partial charge in [-0.15, -0.1) is 0 Å². The Kier molecular flexibility index (Phi) is 11.3. The van der Waals surface area contributed by atoms with Crippen molar-refractivity contribution < 1.29 is 31.2 Å². The number of carbonyl (C=O) groups excluding carboxylic acids is 2. The lowest BCUT2D eigenvalue weighted by Gasteiger charge is -2.34. The lowest BCUT2D eigenvalue weighted by atomic mass is 10.0. The van der Waals surface area contributed by atoms with Crippen LogP contribution < -0.4 is 9.62 Å². The predicted octanol–water partition coefficient (Wildman–Crippen LogP) is 5.99. The van der Waals surface area contributed by atoms with E-state index in [0.29, 0.717) is 22.4 Å². The average molecular weight is 638 g/mol. The van der Waals surface area contributed by atoms with Crippen molar-refractivity contribution in [1.29, 1.82) is 0 Å². The van der Waals surface area contributed by atoms with E-state index < -0.39 is 51.2 Å². The SMILES string of the molecule is CCC(C)NC(=O)C(Cc1ccccc1)N(Cc1cccc(C)c1)C(=O)CN(c1ccc(Cl)c(C(F)(F)F)c1)S(C)(=O)=O. The molecular formula is C31H35ClF3N3O4S. The van der Waals surface area contributed by atoms with E-state index in [2.05, 4.69) is 5.32 Å². The summed E-state index contributed by atoms with van der Waals surface area (Å²) in [6.07, 6.45) is -3.30. The number of amides is 2. The van der Waals surface area contributed by atoms with Crippen molar-refractivity contribution in [3.05, 3.63) is 100 Å². The maximum absolute atomic E-state index is 14.1. The molecule has 43 heavy (non-hydrogen) atoms. The van der Waals surface area contributed by atoms with Gasteiger partial charge < -0.3 is 10.2 Å². The number of halogens is 4. The largest absolute Gasteiger partial charge is 0.417 e. The molecule has 0 aliphatic carbocycles. The van der Waals surface area contributed by atoms with Gasteiger partial charge in [-0.2, -0.15) is 13.2 Å². The zero-order chi connectivity index (χ0) is 31.9. The number of benzene rings is 3. The summed E-state index contributed by atoms with van der Waals surface area (Å²) in [7, 11) is -4.25. The lowest BCUT2D eigenvalue weighted by Crippen LogP contribution is -2.54. The Hall–Kier alpha value is -3.57. The Morgan fingerprint density at radius 2 is 1.63 bits per heavy atom.